The molecule has 0 saturated heterocycles. The molecule has 0 unspecified atom stereocenters. The first kappa shape index (κ1) is 12.5. The highest BCUT2D eigenvalue weighted by molar-refractivity contribution is 5.43. The Balaban J connectivity index is 1.75. The quantitative estimate of drug-likeness (QED) is 0.748. The zero-order valence-corrected chi connectivity index (χ0v) is 12.0. The number of hydrogen-bond acceptors (Lipinski definition) is 0. The zero-order valence-electron chi connectivity index (χ0n) is 12.0. The Hall–Kier alpha value is -1.56. The summed E-state index contributed by atoms with van der Waals surface area (Å²) in [6.45, 7) is 4.46. The van der Waals surface area contributed by atoms with Crippen LogP contribution in [0.3, 0.4) is 0 Å². The van der Waals surface area contributed by atoms with Crippen molar-refractivity contribution in [1.82, 2.24) is 0 Å². The van der Waals surface area contributed by atoms with Crippen LogP contribution in [-0.4, -0.2) is 0 Å². The van der Waals surface area contributed by atoms with Crippen LogP contribution in [0.15, 0.2) is 36.4 Å². The third kappa shape index (κ3) is 2.58. The average molecular weight is 250 g/mol. The minimum absolute atomic E-state index is 1.15. The van der Waals surface area contributed by atoms with Crippen molar-refractivity contribution in [3.05, 3.63) is 69.8 Å². The number of rotatable bonds is 3. The van der Waals surface area contributed by atoms with Gasteiger partial charge in [0.25, 0.3) is 0 Å². The molecule has 3 rings (SSSR count). The second kappa shape index (κ2) is 5.21. The van der Waals surface area contributed by atoms with Crippen LogP contribution in [0, 0.1) is 13.8 Å². The monoisotopic (exact) mass is 250 g/mol. The molecule has 19 heavy (non-hydrogen) atoms. The standard InChI is InChI=1S/C19H22/c1-14-6-8-16(9-7-14)10-11-17-12-13-18-4-3-5-19(18)15(17)2/h6-9,12-13H,3-5,10-11H2,1-2H3. The van der Waals surface area contributed by atoms with Crippen molar-refractivity contribution in [2.45, 2.75) is 46.0 Å². The lowest BCUT2D eigenvalue weighted by Gasteiger charge is -2.11. The molecule has 0 bridgehead atoms. The fraction of sp³-hybridized carbons (Fsp3) is 0.368. The maximum Gasteiger partial charge on any atom is -0.0236 e. The molecule has 98 valence electrons. The topological polar surface area (TPSA) is 0 Å². The summed E-state index contributed by atoms with van der Waals surface area (Å²) in [5.41, 5.74) is 9.13. The first-order valence-electron chi connectivity index (χ1n) is 7.40. The van der Waals surface area contributed by atoms with Crippen molar-refractivity contribution in [3.8, 4) is 0 Å². The van der Waals surface area contributed by atoms with Crippen molar-refractivity contribution < 1.29 is 0 Å². The van der Waals surface area contributed by atoms with Gasteiger partial charge in [-0.2, -0.15) is 0 Å². The highest BCUT2D eigenvalue weighted by Gasteiger charge is 2.14. The van der Waals surface area contributed by atoms with Crippen LogP contribution < -0.4 is 0 Å². The van der Waals surface area contributed by atoms with E-state index in [1.807, 2.05) is 0 Å². The smallest absolute Gasteiger partial charge is 0.0236 e. The predicted octanol–water partition coefficient (Wildman–Crippen LogP) is 4.58. The largest absolute Gasteiger partial charge is 0.0591 e. The van der Waals surface area contributed by atoms with Crippen molar-refractivity contribution in [1.29, 1.82) is 0 Å². The van der Waals surface area contributed by atoms with Gasteiger partial charge in [-0.25, -0.2) is 0 Å². The number of aryl methyl sites for hydroxylation is 4. The summed E-state index contributed by atoms with van der Waals surface area (Å²) in [5, 5.41) is 0. The van der Waals surface area contributed by atoms with E-state index >= 15 is 0 Å². The Labute approximate surface area is 116 Å². The van der Waals surface area contributed by atoms with E-state index in [1.165, 1.54) is 36.8 Å². The number of benzene rings is 2. The summed E-state index contributed by atoms with van der Waals surface area (Å²) in [6, 6.07) is 13.7. The SMILES string of the molecule is Cc1ccc(CCc2ccc3c(c2C)CCC3)cc1. The summed E-state index contributed by atoms with van der Waals surface area (Å²) >= 11 is 0. The highest BCUT2D eigenvalue weighted by Crippen LogP contribution is 2.27. The van der Waals surface area contributed by atoms with Crippen molar-refractivity contribution in [2.24, 2.45) is 0 Å². The molecule has 0 atom stereocenters. The van der Waals surface area contributed by atoms with Gasteiger partial charge in [0.2, 0.25) is 0 Å². The minimum Gasteiger partial charge on any atom is -0.0591 e. The maximum absolute atomic E-state index is 2.36. The van der Waals surface area contributed by atoms with Gasteiger partial charge in [0, 0.05) is 0 Å². The molecule has 0 spiro atoms. The van der Waals surface area contributed by atoms with Crippen LogP contribution in [0.25, 0.3) is 0 Å². The third-order valence-corrected chi connectivity index (χ3v) is 4.48. The van der Waals surface area contributed by atoms with E-state index in [-0.39, 0.29) is 0 Å². The van der Waals surface area contributed by atoms with Crippen molar-refractivity contribution in [2.75, 3.05) is 0 Å². The summed E-state index contributed by atoms with van der Waals surface area (Å²) < 4.78 is 0. The van der Waals surface area contributed by atoms with Crippen molar-refractivity contribution in [3.63, 3.8) is 0 Å². The Morgan fingerprint density at radius 2 is 1.63 bits per heavy atom. The zero-order chi connectivity index (χ0) is 13.2. The lowest BCUT2D eigenvalue weighted by molar-refractivity contribution is 0.905. The number of hydrogen-bond donors (Lipinski definition) is 0. The fourth-order valence-electron chi connectivity index (χ4n) is 3.20. The van der Waals surface area contributed by atoms with Gasteiger partial charge in [-0.15, -0.1) is 0 Å². The van der Waals surface area contributed by atoms with Gasteiger partial charge in [-0.05, 0) is 73.8 Å². The van der Waals surface area contributed by atoms with Gasteiger partial charge in [0.15, 0.2) is 0 Å². The molecular formula is C19H22. The van der Waals surface area contributed by atoms with Crippen LogP contribution in [0.2, 0.25) is 0 Å². The lowest BCUT2D eigenvalue weighted by Crippen LogP contribution is -1.98. The van der Waals surface area contributed by atoms with Crippen LogP contribution >= 0.6 is 0 Å². The van der Waals surface area contributed by atoms with Gasteiger partial charge in [0.1, 0.15) is 0 Å². The first-order chi connectivity index (χ1) is 9.24. The Bertz CT molecular complexity index is 576. The second-order valence-corrected chi connectivity index (χ2v) is 5.83. The second-order valence-electron chi connectivity index (χ2n) is 5.83. The van der Waals surface area contributed by atoms with E-state index in [9.17, 15) is 0 Å². The van der Waals surface area contributed by atoms with Gasteiger partial charge in [-0.1, -0.05) is 42.0 Å². The molecular weight excluding hydrogens is 228 g/mol. The number of fused-ring (bicyclic) bond motifs is 1. The minimum atomic E-state index is 1.15. The molecule has 0 N–H and O–H groups in total. The molecule has 0 amide bonds. The maximum atomic E-state index is 2.36. The van der Waals surface area contributed by atoms with E-state index in [0.717, 1.165) is 6.42 Å². The molecule has 0 radical (unpaired) electrons. The van der Waals surface area contributed by atoms with Gasteiger partial charge in [0.05, 0.1) is 0 Å². The molecule has 2 aromatic carbocycles. The normalized spacial score (nSPS) is 13.6. The van der Waals surface area contributed by atoms with Crippen molar-refractivity contribution >= 4 is 0 Å². The molecule has 0 aromatic heterocycles. The van der Waals surface area contributed by atoms with Gasteiger partial charge < -0.3 is 0 Å². The summed E-state index contributed by atoms with van der Waals surface area (Å²) in [6.07, 6.45) is 6.24. The summed E-state index contributed by atoms with van der Waals surface area (Å²) in [5.74, 6) is 0. The van der Waals surface area contributed by atoms with Crippen LogP contribution in [0.5, 0.6) is 0 Å². The van der Waals surface area contributed by atoms with Gasteiger partial charge >= 0.3 is 0 Å². The van der Waals surface area contributed by atoms with E-state index < -0.39 is 0 Å². The first-order valence-corrected chi connectivity index (χ1v) is 7.40. The Morgan fingerprint density at radius 3 is 2.42 bits per heavy atom. The molecule has 0 heterocycles. The molecule has 2 aromatic rings. The van der Waals surface area contributed by atoms with E-state index in [1.54, 1.807) is 22.3 Å². The predicted molar refractivity (Wildman–Crippen MR) is 81.8 cm³/mol. The summed E-state index contributed by atoms with van der Waals surface area (Å²) in [7, 11) is 0. The molecule has 0 fully saturated rings. The molecule has 1 aliphatic carbocycles. The van der Waals surface area contributed by atoms with E-state index in [2.05, 4.69) is 50.2 Å². The highest BCUT2D eigenvalue weighted by atomic mass is 14.2. The Kier molecular flexibility index (Phi) is 3.42. The molecule has 0 aliphatic heterocycles. The molecule has 0 nitrogen and oxygen atoms in total. The molecule has 1 aliphatic rings. The summed E-state index contributed by atoms with van der Waals surface area (Å²) in [4.78, 5) is 0. The van der Waals surface area contributed by atoms with Crippen LogP contribution in [0.4, 0.5) is 0 Å². The van der Waals surface area contributed by atoms with Crippen LogP contribution in [0.1, 0.15) is 39.8 Å². The average Bonchev–Trinajstić information content (AvgIpc) is 2.89. The fourth-order valence-corrected chi connectivity index (χ4v) is 3.20. The molecule has 0 saturated carbocycles. The van der Waals surface area contributed by atoms with Gasteiger partial charge in [-0.3, -0.25) is 0 Å². The van der Waals surface area contributed by atoms with E-state index in [4.69, 9.17) is 0 Å². The van der Waals surface area contributed by atoms with Crippen LogP contribution in [-0.2, 0) is 25.7 Å². The van der Waals surface area contributed by atoms with E-state index in [0.29, 0.717) is 0 Å². The Morgan fingerprint density at radius 1 is 0.842 bits per heavy atom. The lowest BCUT2D eigenvalue weighted by atomic mass is 9.94. The molecule has 0 heteroatoms. The third-order valence-electron chi connectivity index (χ3n) is 4.48.